The molecule has 1 heterocycles. The van der Waals surface area contributed by atoms with E-state index in [1.54, 1.807) is 0 Å². The third kappa shape index (κ3) is 5.07. The summed E-state index contributed by atoms with van der Waals surface area (Å²) in [5.74, 6) is 1.87. The number of nitrogens with zero attached hydrogens (tertiary/aromatic N) is 1. The van der Waals surface area contributed by atoms with Gasteiger partial charge >= 0.3 is 0 Å². The van der Waals surface area contributed by atoms with Crippen LogP contribution in [-0.2, 0) is 10.8 Å². The molecule has 2 heteroatoms. The van der Waals surface area contributed by atoms with Crippen LogP contribution in [0.5, 0.6) is 11.5 Å². The van der Waals surface area contributed by atoms with Crippen molar-refractivity contribution in [3.8, 4) is 44.9 Å². The van der Waals surface area contributed by atoms with Crippen molar-refractivity contribution in [3.05, 3.63) is 258 Å². The molecule has 2 aliphatic carbocycles. The highest BCUT2D eigenvalue weighted by atomic mass is 16.5. The van der Waals surface area contributed by atoms with E-state index in [9.17, 15) is 0 Å². The maximum absolute atomic E-state index is 7.19. The molecule has 11 aromatic rings. The predicted molar refractivity (Wildman–Crippen MR) is 274 cm³/mol. The van der Waals surface area contributed by atoms with E-state index in [0.29, 0.717) is 0 Å². The van der Waals surface area contributed by atoms with E-state index in [1.165, 1.54) is 82.7 Å². The van der Waals surface area contributed by atoms with Crippen LogP contribution in [0.4, 0.5) is 17.1 Å². The van der Waals surface area contributed by atoms with Crippen LogP contribution in [0.3, 0.4) is 0 Å². The Labute approximate surface area is 384 Å². The second-order valence-corrected chi connectivity index (χ2v) is 18.8. The van der Waals surface area contributed by atoms with E-state index in [0.717, 1.165) is 44.9 Å². The zero-order valence-electron chi connectivity index (χ0n) is 36.7. The fourth-order valence-corrected chi connectivity index (χ4v) is 12.0. The van der Waals surface area contributed by atoms with Gasteiger partial charge in [0.25, 0.3) is 0 Å². The van der Waals surface area contributed by atoms with E-state index < -0.39 is 5.41 Å². The van der Waals surface area contributed by atoms with Gasteiger partial charge in [-0.25, -0.2) is 0 Å². The highest BCUT2D eigenvalue weighted by Gasteiger charge is 2.52. The SMILES string of the molecule is CC1(C)c2ccccc2-c2ccc(N(c3cccc(-c4ccc5c(c4)-c4ccccc4C54c5ccc6ccccc6c5Oc5c4ccc4ccccc54)c3)c3ccc4ccccc4c3)cc21. The molecule has 1 aliphatic heterocycles. The molecular weight excluding hydrogens is 799 g/mol. The summed E-state index contributed by atoms with van der Waals surface area (Å²) in [6.45, 7) is 4.72. The Morgan fingerprint density at radius 1 is 0.318 bits per heavy atom. The molecule has 11 aromatic carbocycles. The highest BCUT2D eigenvalue weighted by molar-refractivity contribution is 6.01. The van der Waals surface area contributed by atoms with Gasteiger partial charge in [0.15, 0.2) is 0 Å². The van der Waals surface area contributed by atoms with Crippen LogP contribution >= 0.6 is 0 Å². The molecule has 66 heavy (non-hydrogen) atoms. The van der Waals surface area contributed by atoms with Crippen LogP contribution in [0.15, 0.2) is 224 Å². The van der Waals surface area contributed by atoms with Gasteiger partial charge in [-0.1, -0.05) is 196 Å². The van der Waals surface area contributed by atoms with Gasteiger partial charge in [-0.3, -0.25) is 0 Å². The molecule has 0 aromatic heterocycles. The average Bonchev–Trinajstić information content (AvgIpc) is 3.78. The van der Waals surface area contributed by atoms with E-state index in [4.69, 9.17) is 4.74 Å². The van der Waals surface area contributed by atoms with E-state index in [2.05, 4.69) is 243 Å². The molecule has 0 saturated carbocycles. The topological polar surface area (TPSA) is 12.5 Å². The molecule has 14 rings (SSSR count). The fourth-order valence-electron chi connectivity index (χ4n) is 12.0. The Morgan fingerprint density at radius 2 is 0.833 bits per heavy atom. The number of hydrogen-bond donors (Lipinski definition) is 0. The first-order chi connectivity index (χ1) is 32.5. The second kappa shape index (κ2) is 13.7. The first-order valence-electron chi connectivity index (χ1n) is 23.1. The number of fused-ring (bicyclic) bond motifs is 17. The standard InChI is InChI=1S/C64H43NO/c1-63(2)55-24-11-9-22-51(55)53-32-31-48(39-60(53)63)65(47-30-26-40-14-3-4-17-43(40)36-47)46-19-13-18-44(37-46)45-29-33-57-54(38-45)52-23-10-12-25-56(52)64(57)58-34-27-41-15-5-7-20-49(41)61(58)66-62-50-21-8-6-16-42(50)28-35-59(62)64/h3-39H,1-2H3. The van der Waals surface area contributed by atoms with Gasteiger partial charge in [0.05, 0.1) is 5.41 Å². The first kappa shape index (κ1) is 37.2. The molecule has 2 nitrogen and oxygen atoms in total. The van der Waals surface area contributed by atoms with Crippen molar-refractivity contribution >= 4 is 49.4 Å². The predicted octanol–water partition coefficient (Wildman–Crippen LogP) is 17.1. The smallest absolute Gasteiger partial charge is 0.140 e. The maximum Gasteiger partial charge on any atom is 0.140 e. The van der Waals surface area contributed by atoms with Crippen molar-refractivity contribution in [2.75, 3.05) is 4.90 Å². The summed E-state index contributed by atoms with van der Waals surface area (Å²) in [6, 6.07) is 83.3. The molecule has 0 unspecified atom stereocenters. The quantitative estimate of drug-likeness (QED) is 0.175. The molecule has 1 spiro atoms. The number of anilines is 3. The number of hydrogen-bond acceptors (Lipinski definition) is 2. The van der Waals surface area contributed by atoms with Crippen molar-refractivity contribution < 1.29 is 4.74 Å². The Bertz CT molecular complexity index is 3770. The minimum absolute atomic E-state index is 0.122. The minimum Gasteiger partial charge on any atom is -0.455 e. The van der Waals surface area contributed by atoms with Crippen molar-refractivity contribution in [3.63, 3.8) is 0 Å². The zero-order valence-corrected chi connectivity index (χ0v) is 36.7. The summed E-state index contributed by atoms with van der Waals surface area (Å²) < 4.78 is 7.19. The molecule has 0 amide bonds. The molecule has 0 atom stereocenters. The van der Waals surface area contributed by atoms with Crippen LogP contribution in [0, 0.1) is 0 Å². The molecule has 0 radical (unpaired) electrons. The summed E-state index contributed by atoms with van der Waals surface area (Å²) in [6.07, 6.45) is 0. The summed E-state index contributed by atoms with van der Waals surface area (Å²) in [5, 5.41) is 7.03. The molecule has 0 fully saturated rings. The summed E-state index contributed by atoms with van der Waals surface area (Å²) in [7, 11) is 0. The van der Waals surface area contributed by atoms with Crippen LogP contribution in [0.2, 0.25) is 0 Å². The van der Waals surface area contributed by atoms with E-state index in [1.807, 2.05) is 0 Å². The third-order valence-corrected chi connectivity index (χ3v) is 15.1. The molecule has 0 saturated heterocycles. The molecule has 310 valence electrons. The number of rotatable bonds is 4. The second-order valence-electron chi connectivity index (χ2n) is 18.8. The van der Waals surface area contributed by atoms with Gasteiger partial charge < -0.3 is 9.64 Å². The highest BCUT2D eigenvalue weighted by Crippen LogP contribution is 2.64. The van der Waals surface area contributed by atoms with Crippen LogP contribution < -0.4 is 9.64 Å². The fraction of sp³-hybridized carbons (Fsp3) is 0.0625. The van der Waals surface area contributed by atoms with Gasteiger partial charge in [-0.2, -0.15) is 0 Å². The Hall–Kier alpha value is -8.20. The largest absolute Gasteiger partial charge is 0.455 e. The van der Waals surface area contributed by atoms with Crippen LogP contribution in [0.25, 0.3) is 65.7 Å². The van der Waals surface area contributed by atoms with Crippen molar-refractivity contribution in [2.24, 2.45) is 0 Å². The van der Waals surface area contributed by atoms with Crippen molar-refractivity contribution in [1.82, 2.24) is 0 Å². The lowest BCUT2D eigenvalue weighted by Crippen LogP contribution is -2.32. The molecular formula is C64H43NO. The number of benzene rings is 11. The van der Waals surface area contributed by atoms with Gasteiger partial charge in [0, 0.05) is 44.4 Å². The van der Waals surface area contributed by atoms with Crippen LogP contribution in [-0.4, -0.2) is 0 Å². The molecule has 0 N–H and O–H groups in total. The van der Waals surface area contributed by atoms with Gasteiger partial charge in [0.1, 0.15) is 11.5 Å². The normalized spacial score (nSPS) is 14.3. The Morgan fingerprint density at radius 3 is 1.58 bits per heavy atom. The molecule has 3 aliphatic rings. The Balaban J connectivity index is 0.961. The first-order valence-corrected chi connectivity index (χ1v) is 23.1. The lowest BCUT2D eigenvalue weighted by atomic mass is 9.65. The van der Waals surface area contributed by atoms with Gasteiger partial charge in [-0.15, -0.1) is 0 Å². The summed E-state index contributed by atoms with van der Waals surface area (Å²) >= 11 is 0. The van der Waals surface area contributed by atoms with Crippen LogP contribution in [0.1, 0.15) is 47.2 Å². The maximum atomic E-state index is 7.19. The van der Waals surface area contributed by atoms with Crippen molar-refractivity contribution in [2.45, 2.75) is 24.7 Å². The molecule has 0 bridgehead atoms. The summed E-state index contributed by atoms with van der Waals surface area (Å²) in [5.41, 5.74) is 17.8. The monoisotopic (exact) mass is 841 g/mol. The lowest BCUT2D eigenvalue weighted by molar-refractivity contribution is 0.447. The van der Waals surface area contributed by atoms with Gasteiger partial charge in [-0.05, 0) is 120 Å². The average molecular weight is 842 g/mol. The van der Waals surface area contributed by atoms with E-state index in [-0.39, 0.29) is 5.41 Å². The number of ether oxygens (including phenoxy) is 1. The lowest BCUT2D eigenvalue weighted by Gasteiger charge is -2.40. The zero-order chi connectivity index (χ0) is 43.7. The summed E-state index contributed by atoms with van der Waals surface area (Å²) in [4.78, 5) is 2.44. The van der Waals surface area contributed by atoms with E-state index >= 15 is 0 Å². The van der Waals surface area contributed by atoms with Gasteiger partial charge in [0.2, 0.25) is 0 Å². The van der Waals surface area contributed by atoms with Crippen molar-refractivity contribution in [1.29, 1.82) is 0 Å². The third-order valence-electron chi connectivity index (χ3n) is 15.1. The Kier molecular flexibility index (Phi) is 7.70. The minimum atomic E-state index is -0.586.